The normalized spacial score (nSPS) is 15.1. The van der Waals surface area contributed by atoms with Crippen molar-refractivity contribution < 1.29 is 9.59 Å². The lowest BCUT2D eigenvalue weighted by Gasteiger charge is -2.34. The summed E-state index contributed by atoms with van der Waals surface area (Å²) in [5.41, 5.74) is 0.280. The summed E-state index contributed by atoms with van der Waals surface area (Å²) >= 11 is 1.43. The topological polar surface area (TPSA) is 85.5 Å². The monoisotopic (exact) mass is 360 g/mol. The molecule has 0 unspecified atom stereocenters. The third-order valence-corrected chi connectivity index (χ3v) is 5.02. The van der Waals surface area contributed by atoms with Gasteiger partial charge in [0.05, 0.1) is 10.4 Å². The molecule has 0 aromatic carbocycles. The second-order valence-electron chi connectivity index (χ2n) is 5.81. The maximum Gasteiger partial charge on any atom is 0.261 e. The van der Waals surface area contributed by atoms with Gasteiger partial charge in [0, 0.05) is 51.5 Å². The molecule has 0 spiro atoms. The van der Waals surface area contributed by atoms with Crippen molar-refractivity contribution in [3.05, 3.63) is 56.6 Å². The molecular weight excluding hydrogens is 340 g/mol. The van der Waals surface area contributed by atoms with Gasteiger partial charge in [-0.25, -0.2) is 0 Å². The number of rotatable bonds is 5. The molecule has 3 rings (SSSR count). The molecule has 0 radical (unpaired) electrons. The van der Waals surface area contributed by atoms with Gasteiger partial charge in [-0.15, -0.1) is 11.3 Å². The van der Waals surface area contributed by atoms with E-state index in [2.05, 4.69) is 15.2 Å². The highest BCUT2D eigenvalue weighted by Crippen LogP contribution is 2.08. The average molecular weight is 360 g/mol. The molecular formula is C17H20N4O3S. The van der Waals surface area contributed by atoms with E-state index in [1.165, 1.54) is 23.6 Å². The average Bonchev–Trinajstić information content (AvgIpc) is 3.17. The number of amides is 2. The first-order valence-corrected chi connectivity index (χ1v) is 9.03. The van der Waals surface area contributed by atoms with E-state index < -0.39 is 0 Å². The summed E-state index contributed by atoms with van der Waals surface area (Å²) in [6.45, 7) is 4.16. The van der Waals surface area contributed by atoms with Crippen LogP contribution in [0.25, 0.3) is 0 Å². The maximum atomic E-state index is 12.4. The van der Waals surface area contributed by atoms with Crippen molar-refractivity contribution in [1.82, 2.24) is 20.1 Å². The minimum Gasteiger partial charge on any atom is -0.350 e. The van der Waals surface area contributed by atoms with Crippen LogP contribution in [0.1, 0.15) is 20.0 Å². The Morgan fingerprint density at radius 3 is 2.60 bits per heavy atom. The van der Waals surface area contributed by atoms with E-state index in [0.717, 1.165) is 24.5 Å². The minimum atomic E-state index is -0.217. The number of H-pyrrole nitrogens is 1. The summed E-state index contributed by atoms with van der Waals surface area (Å²) in [7, 11) is 0. The number of aromatic amines is 1. The van der Waals surface area contributed by atoms with Crippen LogP contribution >= 0.6 is 11.3 Å². The van der Waals surface area contributed by atoms with Crippen molar-refractivity contribution >= 4 is 23.2 Å². The zero-order valence-electron chi connectivity index (χ0n) is 13.7. The number of pyridine rings is 1. The molecule has 1 fully saturated rings. The highest BCUT2D eigenvalue weighted by Gasteiger charge is 2.22. The predicted molar refractivity (Wildman–Crippen MR) is 96.1 cm³/mol. The Bertz CT molecular complexity index is 759. The van der Waals surface area contributed by atoms with Gasteiger partial charge in [-0.2, -0.15) is 0 Å². The fraction of sp³-hybridized carbons (Fsp3) is 0.353. The summed E-state index contributed by atoms with van der Waals surface area (Å²) in [4.78, 5) is 42.6. The van der Waals surface area contributed by atoms with Gasteiger partial charge >= 0.3 is 0 Å². The fourth-order valence-electron chi connectivity index (χ4n) is 2.72. The van der Waals surface area contributed by atoms with Crippen LogP contribution in [0, 0.1) is 0 Å². The third-order valence-electron chi connectivity index (χ3n) is 4.15. The summed E-state index contributed by atoms with van der Waals surface area (Å²) in [5, 5.41) is 4.80. The number of thiophene rings is 1. The van der Waals surface area contributed by atoms with E-state index >= 15 is 0 Å². The second kappa shape index (κ2) is 8.09. The Hall–Kier alpha value is -2.45. The quantitative estimate of drug-likeness (QED) is 0.819. The Labute approximate surface area is 149 Å². The number of nitrogens with zero attached hydrogens (tertiary/aromatic N) is 2. The Morgan fingerprint density at radius 1 is 1.16 bits per heavy atom. The number of piperazine rings is 1. The van der Waals surface area contributed by atoms with Gasteiger partial charge in [-0.1, -0.05) is 6.07 Å². The van der Waals surface area contributed by atoms with E-state index in [-0.39, 0.29) is 17.4 Å². The molecule has 1 aliphatic heterocycles. The van der Waals surface area contributed by atoms with Crippen molar-refractivity contribution in [2.75, 3.05) is 39.3 Å². The predicted octanol–water partition coefficient (Wildman–Crippen LogP) is 0.624. The molecule has 25 heavy (non-hydrogen) atoms. The number of nitrogens with one attached hydrogen (secondary N) is 2. The zero-order chi connectivity index (χ0) is 17.6. The van der Waals surface area contributed by atoms with Crippen LogP contribution in [0.4, 0.5) is 0 Å². The maximum absolute atomic E-state index is 12.4. The van der Waals surface area contributed by atoms with Crippen LogP contribution in [-0.2, 0) is 0 Å². The number of hydrogen-bond donors (Lipinski definition) is 2. The lowest BCUT2D eigenvalue weighted by molar-refractivity contribution is 0.0637. The molecule has 132 valence electrons. The van der Waals surface area contributed by atoms with Gasteiger partial charge in [-0.05, 0) is 17.5 Å². The van der Waals surface area contributed by atoms with E-state index in [9.17, 15) is 14.4 Å². The SMILES string of the molecule is O=C(NCCN1CCN(C(=O)c2ccc(=O)[nH]c2)CC1)c1cccs1. The first-order valence-electron chi connectivity index (χ1n) is 8.15. The second-order valence-corrected chi connectivity index (χ2v) is 6.76. The molecule has 8 heteroatoms. The first kappa shape index (κ1) is 17.4. The van der Waals surface area contributed by atoms with Gasteiger partial charge in [0.15, 0.2) is 0 Å². The van der Waals surface area contributed by atoms with Crippen LogP contribution < -0.4 is 10.9 Å². The largest absolute Gasteiger partial charge is 0.350 e. The van der Waals surface area contributed by atoms with E-state index in [0.29, 0.717) is 25.2 Å². The molecule has 7 nitrogen and oxygen atoms in total. The number of hydrogen-bond acceptors (Lipinski definition) is 5. The standard InChI is InChI=1S/C17H20N4O3S/c22-15-4-3-13(12-19-15)17(24)21-9-7-20(8-10-21)6-5-18-16(23)14-2-1-11-25-14/h1-4,11-12H,5-10H2,(H,18,23)(H,19,22). The van der Waals surface area contributed by atoms with E-state index in [4.69, 9.17) is 0 Å². The fourth-order valence-corrected chi connectivity index (χ4v) is 3.36. The third kappa shape index (κ3) is 4.55. The highest BCUT2D eigenvalue weighted by molar-refractivity contribution is 7.12. The molecule has 2 N–H and O–H groups in total. The van der Waals surface area contributed by atoms with Crippen LogP contribution in [0.2, 0.25) is 0 Å². The smallest absolute Gasteiger partial charge is 0.261 e. The number of carbonyl (C=O) groups excluding carboxylic acids is 2. The molecule has 2 aromatic heterocycles. The van der Waals surface area contributed by atoms with Crippen molar-refractivity contribution in [2.24, 2.45) is 0 Å². The van der Waals surface area contributed by atoms with Gasteiger partial charge in [-0.3, -0.25) is 19.3 Å². The van der Waals surface area contributed by atoms with Crippen LogP contribution in [0.3, 0.4) is 0 Å². The van der Waals surface area contributed by atoms with Crippen LogP contribution in [0.5, 0.6) is 0 Å². The Morgan fingerprint density at radius 2 is 1.96 bits per heavy atom. The molecule has 1 saturated heterocycles. The summed E-state index contributed by atoms with van der Waals surface area (Å²) in [6, 6.07) is 6.58. The highest BCUT2D eigenvalue weighted by atomic mass is 32.1. The summed E-state index contributed by atoms with van der Waals surface area (Å²) in [5.74, 6) is -0.108. The van der Waals surface area contributed by atoms with Gasteiger partial charge in [0.1, 0.15) is 0 Å². The van der Waals surface area contributed by atoms with Crippen LogP contribution in [0.15, 0.2) is 40.6 Å². The van der Waals surface area contributed by atoms with E-state index in [1.807, 2.05) is 11.4 Å². The van der Waals surface area contributed by atoms with Crippen molar-refractivity contribution in [3.8, 4) is 0 Å². The molecule has 0 saturated carbocycles. The zero-order valence-corrected chi connectivity index (χ0v) is 14.6. The first-order chi connectivity index (χ1) is 12.1. The molecule has 3 heterocycles. The van der Waals surface area contributed by atoms with Crippen LogP contribution in [-0.4, -0.2) is 65.9 Å². The minimum absolute atomic E-state index is 0.0399. The number of carbonyl (C=O) groups is 2. The lowest BCUT2D eigenvalue weighted by Crippen LogP contribution is -2.50. The molecule has 0 aliphatic carbocycles. The summed E-state index contributed by atoms with van der Waals surface area (Å²) in [6.07, 6.45) is 1.46. The summed E-state index contributed by atoms with van der Waals surface area (Å²) < 4.78 is 0. The molecule has 0 atom stereocenters. The van der Waals surface area contributed by atoms with E-state index in [1.54, 1.807) is 17.0 Å². The van der Waals surface area contributed by atoms with Crippen molar-refractivity contribution in [1.29, 1.82) is 0 Å². The Balaban J connectivity index is 1.41. The van der Waals surface area contributed by atoms with Crippen molar-refractivity contribution in [3.63, 3.8) is 0 Å². The lowest BCUT2D eigenvalue weighted by atomic mass is 10.2. The number of aromatic nitrogens is 1. The Kier molecular flexibility index (Phi) is 5.62. The van der Waals surface area contributed by atoms with Gasteiger partial charge < -0.3 is 15.2 Å². The van der Waals surface area contributed by atoms with Crippen molar-refractivity contribution in [2.45, 2.75) is 0 Å². The molecule has 1 aliphatic rings. The van der Waals surface area contributed by atoms with Gasteiger partial charge in [0.25, 0.3) is 11.8 Å². The molecule has 0 bridgehead atoms. The molecule has 2 amide bonds. The molecule has 2 aromatic rings. The van der Waals surface area contributed by atoms with Gasteiger partial charge in [0.2, 0.25) is 5.56 Å².